The van der Waals surface area contributed by atoms with E-state index in [-0.39, 0.29) is 22.2 Å². The number of ether oxygens (including phenoxy) is 2. The lowest BCUT2D eigenvalue weighted by Gasteiger charge is -2.12. The van der Waals surface area contributed by atoms with E-state index in [1.54, 1.807) is 30.3 Å². The first-order chi connectivity index (χ1) is 15.5. The number of hydrogen-bond donors (Lipinski definition) is 2. The molecule has 3 N–H and O–H groups in total. The lowest BCUT2D eigenvalue weighted by atomic mass is 10.2. The van der Waals surface area contributed by atoms with Crippen LogP contribution in [0, 0.1) is 18.3 Å². The van der Waals surface area contributed by atoms with Crippen LogP contribution in [0.15, 0.2) is 59.5 Å². The minimum Gasteiger partial charge on any atom is -0.484 e. The molecule has 0 bridgehead atoms. The van der Waals surface area contributed by atoms with Gasteiger partial charge >= 0.3 is 0 Å². The average Bonchev–Trinajstić information content (AvgIpc) is 2.72. The predicted molar refractivity (Wildman–Crippen MR) is 124 cm³/mol. The van der Waals surface area contributed by atoms with Crippen molar-refractivity contribution in [3.05, 3.63) is 75.8 Å². The van der Waals surface area contributed by atoms with Gasteiger partial charge in [0, 0.05) is 11.1 Å². The van der Waals surface area contributed by atoms with E-state index in [1.165, 1.54) is 18.2 Å². The topological polar surface area (TPSA) is 132 Å². The summed E-state index contributed by atoms with van der Waals surface area (Å²) in [6.07, 6.45) is 0. The number of nitriles is 1. The van der Waals surface area contributed by atoms with Crippen LogP contribution < -0.4 is 19.9 Å². The smallest absolute Gasteiger partial charge is 0.262 e. The number of nitrogens with zero attached hydrogens (tertiary/aromatic N) is 1. The Morgan fingerprint density at radius 2 is 1.76 bits per heavy atom. The van der Waals surface area contributed by atoms with Crippen LogP contribution in [0.4, 0.5) is 5.69 Å². The lowest BCUT2D eigenvalue weighted by molar-refractivity contribution is -0.118. The molecule has 33 heavy (non-hydrogen) atoms. The first kappa shape index (κ1) is 24.4. The summed E-state index contributed by atoms with van der Waals surface area (Å²) in [5.41, 5.74) is 1.38. The number of carbonyl (C=O) groups excluding carboxylic acids is 1. The molecule has 170 valence electrons. The van der Waals surface area contributed by atoms with E-state index in [2.05, 4.69) is 5.32 Å². The maximum Gasteiger partial charge on any atom is 0.262 e. The Bertz CT molecular complexity index is 1370. The van der Waals surface area contributed by atoms with Gasteiger partial charge in [-0.05, 0) is 61.0 Å². The maximum absolute atomic E-state index is 12.3. The van der Waals surface area contributed by atoms with E-state index >= 15 is 0 Å². The molecule has 0 radical (unpaired) electrons. The molecule has 0 spiro atoms. The van der Waals surface area contributed by atoms with Crippen LogP contribution in [0.2, 0.25) is 10.0 Å². The fourth-order valence-electron chi connectivity index (χ4n) is 2.79. The summed E-state index contributed by atoms with van der Waals surface area (Å²) in [6.45, 7) is 1.48. The minimum atomic E-state index is -3.91. The molecule has 0 saturated carbocycles. The van der Waals surface area contributed by atoms with Crippen molar-refractivity contribution in [2.24, 2.45) is 5.14 Å². The molecule has 8 nitrogen and oxygen atoms in total. The van der Waals surface area contributed by atoms with E-state index in [0.717, 1.165) is 11.6 Å². The number of amides is 1. The zero-order valence-corrected chi connectivity index (χ0v) is 19.5. The summed E-state index contributed by atoms with van der Waals surface area (Å²) < 4.78 is 34.1. The second-order valence-electron chi connectivity index (χ2n) is 6.89. The molecule has 3 rings (SSSR count). The molecular weight excluding hydrogens is 489 g/mol. The van der Waals surface area contributed by atoms with Crippen molar-refractivity contribution < 1.29 is 22.7 Å². The maximum atomic E-state index is 12.3. The number of nitrogens with one attached hydrogen (secondary N) is 1. The summed E-state index contributed by atoms with van der Waals surface area (Å²) in [5.74, 6) is 0.667. The quantitative estimate of drug-likeness (QED) is 0.480. The van der Waals surface area contributed by atoms with Gasteiger partial charge in [-0.15, -0.1) is 0 Å². The van der Waals surface area contributed by atoms with Crippen LogP contribution in [0.25, 0.3) is 0 Å². The van der Waals surface area contributed by atoms with Gasteiger partial charge in [-0.2, -0.15) is 5.26 Å². The van der Waals surface area contributed by atoms with E-state index in [9.17, 15) is 13.2 Å². The molecule has 3 aromatic rings. The molecule has 0 saturated heterocycles. The molecule has 3 aromatic carbocycles. The Labute approximate surface area is 200 Å². The van der Waals surface area contributed by atoms with Crippen molar-refractivity contribution in [3.8, 4) is 23.3 Å². The first-order valence-corrected chi connectivity index (χ1v) is 11.6. The molecule has 0 aliphatic rings. The Morgan fingerprint density at radius 3 is 2.42 bits per heavy atom. The first-order valence-electron chi connectivity index (χ1n) is 9.29. The predicted octanol–water partition coefficient (Wildman–Crippen LogP) is 4.63. The van der Waals surface area contributed by atoms with Gasteiger partial charge in [0.2, 0.25) is 10.0 Å². The average molecular weight is 506 g/mol. The third kappa shape index (κ3) is 6.84. The largest absolute Gasteiger partial charge is 0.484 e. The van der Waals surface area contributed by atoms with E-state index in [4.69, 9.17) is 43.1 Å². The number of sulfonamides is 1. The van der Waals surface area contributed by atoms with Gasteiger partial charge in [0.05, 0.1) is 27.2 Å². The number of rotatable bonds is 7. The molecule has 0 fully saturated rings. The summed E-state index contributed by atoms with van der Waals surface area (Å²) in [7, 11) is -3.91. The van der Waals surface area contributed by atoms with Crippen LogP contribution in [0.3, 0.4) is 0 Å². The van der Waals surface area contributed by atoms with Crippen molar-refractivity contribution in [2.75, 3.05) is 11.9 Å². The van der Waals surface area contributed by atoms with Gasteiger partial charge in [-0.25, -0.2) is 13.6 Å². The molecule has 0 aliphatic carbocycles. The van der Waals surface area contributed by atoms with Crippen molar-refractivity contribution >= 4 is 44.8 Å². The summed E-state index contributed by atoms with van der Waals surface area (Å²) >= 11 is 12.0. The minimum absolute atomic E-state index is 0.0133. The number of carbonyl (C=O) groups is 1. The Balaban J connectivity index is 1.67. The zero-order chi connectivity index (χ0) is 24.2. The van der Waals surface area contributed by atoms with Crippen LogP contribution in [-0.4, -0.2) is 20.9 Å². The van der Waals surface area contributed by atoms with E-state index in [1.807, 2.05) is 13.0 Å². The summed E-state index contributed by atoms with van der Waals surface area (Å²) in [5, 5.41) is 17.0. The summed E-state index contributed by atoms with van der Waals surface area (Å²) in [4.78, 5) is 12.1. The van der Waals surface area contributed by atoms with Gasteiger partial charge < -0.3 is 14.8 Å². The van der Waals surface area contributed by atoms with Gasteiger partial charge in [0.25, 0.3) is 5.91 Å². The normalized spacial score (nSPS) is 10.9. The van der Waals surface area contributed by atoms with Gasteiger partial charge in [-0.3, -0.25) is 4.79 Å². The third-order valence-corrected chi connectivity index (χ3v) is 5.62. The molecular formula is C22H17Cl2N3O5S. The van der Waals surface area contributed by atoms with Crippen molar-refractivity contribution in [3.63, 3.8) is 0 Å². The fourth-order valence-corrected chi connectivity index (χ4v) is 3.85. The van der Waals surface area contributed by atoms with Gasteiger partial charge in [-0.1, -0.05) is 23.2 Å². The Kier molecular flexibility index (Phi) is 7.46. The van der Waals surface area contributed by atoms with E-state index in [0.29, 0.717) is 27.8 Å². The summed E-state index contributed by atoms with van der Waals surface area (Å²) in [6, 6.07) is 15.4. The molecule has 1 amide bonds. The second-order valence-corrected chi connectivity index (χ2v) is 9.30. The zero-order valence-electron chi connectivity index (χ0n) is 17.1. The van der Waals surface area contributed by atoms with Crippen LogP contribution >= 0.6 is 23.2 Å². The SMILES string of the molecule is Cc1cc(OCC(=O)Nc2ccc(S(N)(=O)=O)cc2Cl)cc(Oc2cc(Cl)cc(C#N)c2)c1. The van der Waals surface area contributed by atoms with Crippen LogP contribution in [-0.2, 0) is 14.8 Å². The third-order valence-electron chi connectivity index (χ3n) is 4.17. The number of anilines is 1. The van der Waals surface area contributed by atoms with Crippen LogP contribution in [0.5, 0.6) is 17.2 Å². The number of primary sulfonamides is 1. The van der Waals surface area contributed by atoms with Crippen LogP contribution in [0.1, 0.15) is 11.1 Å². The number of benzene rings is 3. The van der Waals surface area contributed by atoms with Gasteiger partial charge in [0.15, 0.2) is 6.61 Å². The van der Waals surface area contributed by atoms with E-state index < -0.39 is 15.9 Å². The molecule has 0 heterocycles. The molecule has 0 aromatic heterocycles. The highest BCUT2D eigenvalue weighted by molar-refractivity contribution is 7.89. The molecule has 11 heteroatoms. The Hall–Kier alpha value is -3.29. The van der Waals surface area contributed by atoms with Crippen molar-refractivity contribution in [2.45, 2.75) is 11.8 Å². The van der Waals surface area contributed by atoms with Gasteiger partial charge in [0.1, 0.15) is 17.2 Å². The number of aryl methyl sites for hydroxylation is 1. The highest BCUT2D eigenvalue weighted by atomic mass is 35.5. The fraction of sp³-hybridized carbons (Fsp3) is 0.0909. The molecule has 0 aliphatic heterocycles. The standard InChI is InChI=1S/C22H17Cl2N3O5S/c1-13-4-16(9-17(5-13)32-18-7-14(11-25)6-15(23)8-18)31-12-22(28)27-21-3-2-19(10-20(21)24)33(26,29)30/h2-10H,12H2,1H3,(H,27,28)(H2,26,29,30). The Morgan fingerprint density at radius 1 is 1.06 bits per heavy atom. The lowest BCUT2D eigenvalue weighted by Crippen LogP contribution is -2.20. The monoisotopic (exact) mass is 505 g/mol. The highest BCUT2D eigenvalue weighted by Crippen LogP contribution is 2.30. The van der Waals surface area contributed by atoms with Crippen molar-refractivity contribution in [1.29, 1.82) is 5.26 Å². The number of halogens is 2. The number of hydrogen-bond acceptors (Lipinski definition) is 6. The number of nitrogens with two attached hydrogens (primary N) is 1. The molecule has 0 unspecified atom stereocenters. The highest BCUT2D eigenvalue weighted by Gasteiger charge is 2.13. The molecule has 0 atom stereocenters. The van der Waals surface area contributed by atoms with Crippen molar-refractivity contribution in [1.82, 2.24) is 0 Å². The second kappa shape index (κ2) is 10.1.